The van der Waals surface area contributed by atoms with Gasteiger partial charge in [-0.1, -0.05) is 36.0 Å². The van der Waals surface area contributed by atoms with Crippen LogP contribution in [0.5, 0.6) is 5.75 Å². The van der Waals surface area contributed by atoms with Gasteiger partial charge in [-0.05, 0) is 62.7 Å². The second kappa shape index (κ2) is 9.59. The number of hydrogen-bond donors (Lipinski definition) is 1. The van der Waals surface area contributed by atoms with Crippen LogP contribution in [0.15, 0.2) is 60.7 Å². The largest absolute Gasteiger partial charge is 0.494 e. The van der Waals surface area contributed by atoms with Crippen LogP contribution in [0.1, 0.15) is 42.4 Å². The van der Waals surface area contributed by atoms with Gasteiger partial charge in [-0.2, -0.15) is 0 Å². The Morgan fingerprint density at radius 1 is 1.10 bits per heavy atom. The molecule has 0 aliphatic carbocycles. The van der Waals surface area contributed by atoms with E-state index in [0.29, 0.717) is 17.8 Å². The fourth-order valence-corrected chi connectivity index (χ4v) is 3.98. The summed E-state index contributed by atoms with van der Waals surface area (Å²) in [6.07, 6.45) is 3.89. The summed E-state index contributed by atoms with van der Waals surface area (Å²) in [7, 11) is 0. The predicted molar refractivity (Wildman–Crippen MR) is 121 cm³/mol. The van der Waals surface area contributed by atoms with Crippen molar-refractivity contribution in [3.63, 3.8) is 0 Å². The molecule has 0 unspecified atom stereocenters. The predicted octanol–water partition coefficient (Wildman–Crippen LogP) is 6.63. The molecule has 3 rings (SSSR count). The van der Waals surface area contributed by atoms with Gasteiger partial charge >= 0.3 is 5.97 Å². The van der Waals surface area contributed by atoms with Crippen molar-refractivity contribution >= 4 is 38.4 Å². The lowest BCUT2D eigenvalue weighted by Gasteiger charge is -2.13. The molecule has 0 aliphatic heterocycles. The van der Waals surface area contributed by atoms with E-state index in [2.05, 4.69) is 4.98 Å². The van der Waals surface area contributed by atoms with Crippen LogP contribution in [0, 0.1) is 5.82 Å². The second-order valence-corrected chi connectivity index (χ2v) is 7.47. The number of benzene rings is 2. The van der Waals surface area contributed by atoms with Crippen LogP contribution < -0.4 is 4.74 Å². The van der Waals surface area contributed by atoms with Crippen molar-refractivity contribution in [2.75, 3.05) is 6.61 Å². The van der Waals surface area contributed by atoms with Crippen LogP contribution in [-0.4, -0.2) is 22.7 Å². The molecule has 0 fully saturated rings. The maximum atomic E-state index is 13.6. The molecule has 0 saturated heterocycles. The van der Waals surface area contributed by atoms with E-state index in [-0.39, 0.29) is 10.9 Å². The van der Waals surface area contributed by atoms with Crippen LogP contribution in [-0.2, 0) is 0 Å². The van der Waals surface area contributed by atoms with Crippen molar-refractivity contribution in [2.24, 2.45) is 0 Å². The molecule has 30 heavy (non-hydrogen) atoms. The third-order valence-corrected chi connectivity index (χ3v) is 5.80. The number of nitrogens with zero attached hydrogens (tertiary/aromatic N) is 1. The maximum Gasteiger partial charge on any atom is 0.336 e. The molecular formula is C24H22FNO3S. The molecule has 154 valence electrons. The number of carbonyl (C=O) groups is 1. The standard InChI is InChI=1S/C24H22FNO3S/c1-4-22(15-7-10-17(11-8-15)29-6-3)30-23(5-2)21-14-19(24(27)28)18-13-16(25)9-12-20(18)26-21/h4-5,7-14H,6H2,1-3H3,(H,27,28)/b22-4-,23-5-. The zero-order valence-corrected chi connectivity index (χ0v) is 17.8. The quantitative estimate of drug-likeness (QED) is 0.462. The average molecular weight is 424 g/mol. The summed E-state index contributed by atoms with van der Waals surface area (Å²) in [5.74, 6) is -0.804. The van der Waals surface area contributed by atoms with E-state index < -0.39 is 11.8 Å². The number of allylic oxidation sites excluding steroid dienone is 2. The molecule has 4 nitrogen and oxygen atoms in total. The van der Waals surface area contributed by atoms with E-state index in [9.17, 15) is 14.3 Å². The number of rotatable bonds is 7. The van der Waals surface area contributed by atoms with Crippen LogP contribution >= 0.6 is 11.8 Å². The smallest absolute Gasteiger partial charge is 0.336 e. The first-order valence-corrected chi connectivity index (χ1v) is 10.4. The van der Waals surface area contributed by atoms with Gasteiger partial charge in [0.2, 0.25) is 0 Å². The third-order valence-electron chi connectivity index (χ3n) is 4.45. The molecule has 0 spiro atoms. The molecule has 0 radical (unpaired) electrons. The first-order chi connectivity index (χ1) is 14.5. The minimum Gasteiger partial charge on any atom is -0.494 e. The van der Waals surface area contributed by atoms with E-state index in [1.165, 1.54) is 36.0 Å². The van der Waals surface area contributed by atoms with Gasteiger partial charge in [-0.15, -0.1) is 0 Å². The number of hydrogen-bond acceptors (Lipinski definition) is 4. The highest BCUT2D eigenvalue weighted by Crippen LogP contribution is 2.39. The highest BCUT2D eigenvalue weighted by Gasteiger charge is 2.16. The topological polar surface area (TPSA) is 59.4 Å². The van der Waals surface area contributed by atoms with Crippen molar-refractivity contribution in [1.82, 2.24) is 4.98 Å². The highest BCUT2D eigenvalue weighted by molar-refractivity contribution is 8.16. The van der Waals surface area contributed by atoms with E-state index in [4.69, 9.17) is 4.74 Å². The second-order valence-electron chi connectivity index (χ2n) is 6.39. The first kappa shape index (κ1) is 21.6. The zero-order valence-electron chi connectivity index (χ0n) is 17.0. The fraction of sp³-hybridized carbons (Fsp3) is 0.167. The molecule has 0 aliphatic rings. The van der Waals surface area contributed by atoms with Crippen molar-refractivity contribution in [1.29, 1.82) is 0 Å². The maximum absolute atomic E-state index is 13.6. The summed E-state index contributed by atoms with van der Waals surface area (Å²) in [4.78, 5) is 18.2. The molecular weight excluding hydrogens is 401 g/mol. The molecule has 2 aromatic carbocycles. The lowest BCUT2D eigenvalue weighted by Crippen LogP contribution is -2.02. The number of fused-ring (bicyclic) bond motifs is 1. The summed E-state index contributed by atoms with van der Waals surface area (Å²) in [6, 6.07) is 13.3. The third kappa shape index (κ3) is 4.71. The van der Waals surface area contributed by atoms with Gasteiger partial charge in [0.1, 0.15) is 11.6 Å². The molecule has 0 amide bonds. The van der Waals surface area contributed by atoms with Gasteiger partial charge in [-0.3, -0.25) is 0 Å². The summed E-state index contributed by atoms with van der Waals surface area (Å²) in [6.45, 7) is 6.38. The average Bonchev–Trinajstić information content (AvgIpc) is 2.75. The zero-order chi connectivity index (χ0) is 21.7. The molecule has 0 atom stereocenters. The lowest BCUT2D eigenvalue weighted by atomic mass is 10.1. The SMILES string of the molecule is C/C=C(\S/C(=C\C)c1cc(C(=O)O)c2cc(F)ccc2n1)c1ccc(OCC)cc1. The summed E-state index contributed by atoms with van der Waals surface area (Å²) < 4.78 is 19.1. The monoisotopic (exact) mass is 423 g/mol. The Hall–Kier alpha value is -3.12. The van der Waals surface area contributed by atoms with Gasteiger partial charge < -0.3 is 9.84 Å². The van der Waals surface area contributed by atoms with Crippen LogP contribution in [0.2, 0.25) is 0 Å². The van der Waals surface area contributed by atoms with Crippen LogP contribution in [0.3, 0.4) is 0 Å². The summed E-state index contributed by atoms with van der Waals surface area (Å²) in [5, 5.41) is 9.91. The number of carboxylic acids is 1. The lowest BCUT2D eigenvalue weighted by molar-refractivity contribution is 0.0699. The molecule has 1 heterocycles. The number of pyridine rings is 1. The Balaban J connectivity index is 1.98. The molecule has 0 saturated carbocycles. The van der Waals surface area contributed by atoms with Gasteiger partial charge in [0.15, 0.2) is 0 Å². The van der Waals surface area contributed by atoms with Gasteiger partial charge in [0, 0.05) is 15.2 Å². The van der Waals surface area contributed by atoms with Crippen molar-refractivity contribution in [2.45, 2.75) is 20.8 Å². The van der Waals surface area contributed by atoms with E-state index in [1.54, 1.807) is 0 Å². The number of ether oxygens (including phenoxy) is 1. The van der Waals surface area contributed by atoms with E-state index >= 15 is 0 Å². The normalized spacial score (nSPS) is 12.3. The fourth-order valence-electron chi connectivity index (χ4n) is 3.05. The molecule has 1 N–H and O–H groups in total. The molecule has 0 bridgehead atoms. The summed E-state index contributed by atoms with van der Waals surface area (Å²) >= 11 is 1.50. The molecule has 6 heteroatoms. The van der Waals surface area contributed by atoms with Crippen molar-refractivity contribution in [3.8, 4) is 5.75 Å². The number of thioether (sulfide) groups is 1. The molecule has 1 aromatic heterocycles. The minimum absolute atomic E-state index is 0.0255. The Morgan fingerprint density at radius 2 is 1.80 bits per heavy atom. The van der Waals surface area contributed by atoms with Gasteiger partial charge in [0.05, 0.1) is 23.4 Å². The Kier molecular flexibility index (Phi) is 6.90. The highest BCUT2D eigenvalue weighted by atomic mass is 32.2. The first-order valence-electron chi connectivity index (χ1n) is 9.54. The summed E-state index contributed by atoms with van der Waals surface area (Å²) in [5.41, 5.74) is 2.02. The van der Waals surface area contributed by atoms with Gasteiger partial charge in [-0.25, -0.2) is 14.2 Å². The van der Waals surface area contributed by atoms with E-state index in [0.717, 1.165) is 21.1 Å². The Labute approximate surface area is 179 Å². The Bertz CT molecular complexity index is 1140. The minimum atomic E-state index is -1.12. The number of aromatic nitrogens is 1. The number of halogens is 1. The van der Waals surface area contributed by atoms with Crippen molar-refractivity contribution < 1.29 is 19.0 Å². The van der Waals surface area contributed by atoms with E-state index in [1.807, 2.05) is 57.2 Å². The van der Waals surface area contributed by atoms with Crippen LogP contribution in [0.4, 0.5) is 4.39 Å². The van der Waals surface area contributed by atoms with Crippen molar-refractivity contribution in [3.05, 3.63) is 83.3 Å². The Morgan fingerprint density at radius 3 is 2.40 bits per heavy atom. The number of carboxylic acid groups (broad SMARTS) is 1. The number of aromatic carboxylic acids is 1. The van der Waals surface area contributed by atoms with Crippen LogP contribution in [0.25, 0.3) is 20.7 Å². The van der Waals surface area contributed by atoms with Gasteiger partial charge in [0.25, 0.3) is 0 Å². The molecule has 3 aromatic rings.